The predicted octanol–water partition coefficient (Wildman–Crippen LogP) is 3.50. The van der Waals surface area contributed by atoms with Crippen LogP contribution in [-0.4, -0.2) is 44.5 Å². The molecule has 0 aliphatic carbocycles. The molecule has 2 aromatic heterocycles. The van der Waals surface area contributed by atoms with Crippen molar-refractivity contribution in [2.45, 2.75) is 38.3 Å². The van der Waals surface area contributed by atoms with E-state index >= 15 is 0 Å². The summed E-state index contributed by atoms with van der Waals surface area (Å²) in [5, 5.41) is 0. The fraction of sp³-hybridized carbons (Fsp3) is 0.348. The number of para-hydroxylation sites is 1. The first-order valence-corrected chi connectivity index (χ1v) is 10.1. The van der Waals surface area contributed by atoms with Crippen LogP contribution in [0.3, 0.4) is 0 Å². The molecular weight excluding hydrogens is 364 g/mol. The molecule has 1 aliphatic heterocycles. The van der Waals surface area contributed by atoms with Crippen molar-refractivity contribution in [2.75, 3.05) is 13.1 Å². The number of hydrogen-bond donors (Lipinski definition) is 0. The number of imidazole rings is 1. The Balaban J connectivity index is 1.34. The third-order valence-electron chi connectivity index (χ3n) is 5.38. The lowest BCUT2D eigenvalue weighted by molar-refractivity contribution is -0.139. The van der Waals surface area contributed by atoms with Crippen LogP contribution in [0.4, 0.5) is 0 Å². The first-order chi connectivity index (χ1) is 14.2. The number of nitrogens with zero attached hydrogens (tertiary/aromatic N) is 4. The summed E-state index contributed by atoms with van der Waals surface area (Å²) in [5.74, 6) is 2.20. The molecule has 1 saturated heterocycles. The zero-order valence-electron chi connectivity index (χ0n) is 16.6. The van der Waals surface area contributed by atoms with Crippen molar-refractivity contribution < 1.29 is 9.53 Å². The van der Waals surface area contributed by atoms with E-state index in [0.29, 0.717) is 5.92 Å². The molecule has 1 aromatic carbocycles. The highest BCUT2D eigenvalue weighted by Gasteiger charge is 2.29. The Labute approximate surface area is 171 Å². The molecule has 0 N–H and O–H groups in total. The molecule has 3 heterocycles. The molecule has 0 spiro atoms. The maximum Gasteiger partial charge on any atom is 0.263 e. The van der Waals surface area contributed by atoms with Gasteiger partial charge in [0.1, 0.15) is 11.6 Å². The number of hydrogen-bond acceptors (Lipinski definition) is 4. The first kappa shape index (κ1) is 19.2. The van der Waals surface area contributed by atoms with Crippen LogP contribution < -0.4 is 4.74 Å². The Hall–Kier alpha value is -3.15. The minimum Gasteiger partial charge on any atom is -0.481 e. The molecule has 1 fully saturated rings. The molecule has 4 rings (SSSR count). The summed E-state index contributed by atoms with van der Waals surface area (Å²) in [6.45, 7) is 3.99. The van der Waals surface area contributed by atoms with Crippen molar-refractivity contribution in [3.63, 3.8) is 0 Å². The number of benzene rings is 1. The predicted molar refractivity (Wildman–Crippen MR) is 111 cm³/mol. The third kappa shape index (κ3) is 4.65. The van der Waals surface area contributed by atoms with E-state index in [9.17, 15) is 4.79 Å². The van der Waals surface area contributed by atoms with Gasteiger partial charge < -0.3 is 14.2 Å². The van der Waals surface area contributed by atoms with Gasteiger partial charge in [0.05, 0.1) is 12.2 Å². The van der Waals surface area contributed by atoms with E-state index in [1.165, 1.54) is 0 Å². The molecule has 0 radical (unpaired) electrons. The van der Waals surface area contributed by atoms with Crippen LogP contribution in [0.2, 0.25) is 0 Å². The third-order valence-corrected chi connectivity index (χ3v) is 5.38. The van der Waals surface area contributed by atoms with Gasteiger partial charge in [-0.1, -0.05) is 24.3 Å². The van der Waals surface area contributed by atoms with Crippen LogP contribution in [-0.2, 0) is 11.3 Å². The number of carbonyl (C=O) groups excluding carboxylic acids is 1. The van der Waals surface area contributed by atoms with Gasteiger partial charge in [0.25, 0.3) is 5.91 Å². The largest absolute Gasteiger partial charge is 0.481 e. The number of piperidine rings is 1. The van der Waals surface area contributed by atoms with Gasteiger partial charge in [0.15, 0.2) is 6.10 Å². The van der Waals surface area contributed by atoms with Crippen LogP contribution in [0.1, 0.15) is 37.2 Å². The van der Waals surface area contributed by atoms with Gasteiger partial charge >= 0.3 is 0 Å². The van der Waals surface area contributed by atoms with E-state index in [1.54, 1.807) is 0 Å². The van der Waals surface area contributed by atoms with Crippen molar-refractivity contribution in [2.24, 2.45) is 0 Å². The molecule has 3 aromatic rings. The average molecular weight is 390 g/mol. The van der Waals surface area contributed by atoms with E-state index in [0.717, 1.165) is 49.7 Å². The summed E-state index contributed by atoms with van der Waals surface area (Å²) in [7, 11) is 0. The van der Waals surface area contributed by atoms with Crippen molar-refractivity contribution >= 4 is 5.91 Å². The van der Waals surface area contributed by atoms with E-state index in [-0.39, 0.29) is 5.91 Å². The maximum atomic E-state index is 12.8. The molecule has 1 amide bonds. The second-order valence-electron chi connectivity index (χ2n) is 7.41. The lowest BCUT2D eigenvalue weighted by atomic mass is 9.95. The van der Waals surface area contributed by atoms with Crippen molar-refractivity contribution in [1.29, 1.82) is 0 Å². The smallest absolute Gasteiger partial charge is 0.263 e. The van der Waals surface area contributed by atoms with Gasteiger partial charge in [0.2, 0.25) is 0 Å². The highest BCUT2D eigenvalue weighted by molar-refractivity contribution is 5.81. The molecule has 1 unspecified atom stereocenters. The van der Waals surface area contributed by atoms with Crippen molar-refractivity contribution in [1.82, 2.24) is 19.4 Å². The minimum absolute atomic E-state index is 0.0455. The number of ether oxygens (including phenoxy) is 1. The zero-order valence-corrected chi connectivity index (χ0v) is 16.6. The molecular formula is C23H26N4O2. The van der Waals surface area contributed by atoms with E-state index in [4.69, 9.17) is 4.74 Å². The van der Waals surface area contributed by atoms with Gasteiger partial charge in [-0.25, -0.2) is 4.98 Å². The minimum atomic E-state index is -0.486. The molecule has 29 heavy (non-hydrogen) atoms. The second kappa shape index (κ2) is 8.90. The standard InChI is InChI=1S/C23H26N4O2/c1-18(29-21-8-3-2-4-9-21)23(28)26-14-10-19(11-15-26)22-25-13-16-27(22)17-20-7-5-6-12-24-20/h2-9,12-13,16,18-19H,10-11,14-15,17H2,1H3. The maximum absolute atomic E-state index is 12.8. The summed E-state index contributed by atoms with van der Waals surface area (Å²) in [6.07, 6.45) is 7.00. The summed E-state index contributed by atoms with van der Waals surface area (Å²) in [5.41, 5.74) is 1.02. The molecule has 150 valence electrons. The molecule has 0 bridgehead atoms. The van der Waals surface area contributed by atoms with Crippen molar-refractivity contribution in [3.8, 4) is 5.75 Å². The number of rotatable bonds is 6. The van der Waals surface area contributed by atoms with Gasteiger partial charge in [0, 0.05) is 37.6 Å². The Morgan fingerprint density at radius 1 is 1.07 bits per heavy atom. The molecule has 6 nitrogen and oxygen atoms in total. The summed E-state index contributed by atoms with van der Waals surface area (Å²) in [4.78, 5) is 23.7. The Morgan fingerprint density at radius 3 is 2.55 bits per heavy atom. The molecule has 0 saturated carbocycles. The Bertz CT molecular complexity index is 918. The Morgan fingerprint density at radius 2 is 1.83 bits per heavy atom. The SMILES string of the molecule is CC(Oc1ccccc1)C(=O)N1CCC(c2nccn2Cc2ccccn2)CC1. The molecule has 6 heteroatoms. The molecule has 1 atom stereocenters. The fourth-order valence-electron chi connectivity index (χ4n) is 3.85. The monoisotopic (exact) mass is 390 g/mol. The van der Waals surface area contributed by atoms with Crippen LogP contribution in [0.25, 0.3) is 0 Å². The number of carbonyl (C=O) groups is 1. The first-order valence-electron chi connectivity index (χ1n) is 10.1. The summed E-state index contributed by atoms with van der Waals surface area (Å²) in [6, 6.07) is 15.4. The van der Waals surface area contributed by atoms with Crippen LogP contribution in [0.15, 0.2) is 67.1 Å². The van der Waals surface area contributed by atoms with Gasteiger partial charge in [-0.15, -0.1) is 0 Å². The number of amides is 1. The second-order valence-corrected chi connectivity index (χ2v) is 7.41. The Kier molecular flexibility index (Phi) is 5.89. The highest BCUT2D eigenvalue weighted by atomic mass is 16.5. The van der Waals surface area contributed by atoms with Crippen LogP contribution in [0.5, 0.6) is 5.75 Å². The highest BCUT2D eigenvalue weighted by Crippen LogP contribution is 2.28. The quantitative estimate of drug-likeness (QED) is 0.646. The van der Waals surface area contributed by atoms with Crippen molar-refractivity contribution in [3.05, 3.63) is 78.6 Å². The lowest BCUT2D eigenvalue weighted by Gasteiger charge is -2.33. The normalized spacial score (nSPS) is 15.8. The fourth-order valence-corrected chi connectivity index (χ4v) is 3.85. The van der Waals surface area contributed by atoms with Gasteiger partial charge in [-0.05, 0) is 44.0 Å². The van der Waals surface area contributed by atoms with Gasteiger partial charge in [-0.3, -0.25) is 9.78 Å². The lowest BCUT2D eigenvalue weighted by Crippen LogP contribution is -2.44. The van der Waals surface area contributed by atoms with E-state index in [2.05, 4.69) is 14.5 Å². The van der Waals surface area contributed by atoms with Gasteiger partial charge in [-0.2, -0.15) is 0 Å². The summed E-state index contributed by atoms with van der Waals surface area (Å²) < 4.78 is 7.97. The van der Waals surface area contributed by atoms with E-state index < -0.39 is 6.10 Å². The zero-order chi connectivity index (χ0) is 20.1. The topological polar surface area (TPSA) is 60.2 Å². The number of aromatic nitrogens is 3. The number of pyridine rings is 1. The number of likely N-dealkylation sites (tertiary alicyclic amines) is 1. The van der Waals surface area contributed by atoms with E-state index in [1.807, 2.05) is 78.9 Å². The van der Waals surface area contributed by atoms with Crippen LogP contribution >= 0.6 is 0 Å². The van der Waals surface area contributed by atoms with Crippen LogP contribution in [0, 0.1) is 0 Å². The average Bonchev–Trinajstić information content (AvgIpc) is 3.23. The molecule has 1 aliphatic rings. The summed E-state index contributed by atoms with van der Waals surface area (Å²) >= 11 is 0.